The summed E-state index contributed by atoms with van der Waals surface area (Å²) in [5.41, 5.74) is -0.743. The Bertz CT molecular complexity index is 986. The molecule has 2 fully saturated rings. The average Bonchev–Trinajstić information content (AvgIpc) is 3.49. The Balaban J connectivity index is 1.39. The Hall–Kier alpha value is -2.05. The van der Waals surface area contributed by atoms with Crippen molar-refractivity contribution in [3.05, 3.63) is 27.8 Å². The lowest BCUT2D eigenvalue weighted by atomic mass is 10.2. The number of hydrogen-bond acceptors (Lipinski definition) is 7. The Labute approximate surface area is 187 Å². The first-order chi connectivity index (χ1) is 14.7. The monoisotopic (exact) mass is 472 g/mol. The summed E-state index contributed by atoms with van der Waals surface area (Å²) in [5.74, 6) is 0.525. The van der Waals surface area contributed by atoms with Gasteiger partial charge in [0.05, 0.1) is 12.2 Å². The normalized spacial score (nSPS) is 18.1. The molecule has 1 saturated carbocycles. The maximum absolute atomic E-state index is 12.8. The highest BCUT2D eigenvalue weighted by molar-refractivity contribution is 7.73. The van der Waals surface area contributed by atoms with Crippen molar-refractivity contribution >= 4 is 40.4 Å². The van der Waals surface area contributed by atoms with E-state index in [0.29, 0.717) is 41.2 Å². The fourth-order valence-corrected chi connectivity index (χ4v) is 4.83. The van der Waals surface area contributed by atoms with Gasteiger partial charge < -0.3 is 4.90 Å². The van der Waals surface area contributed by atoms with Crippen LogP contribution >= 0.6 is 23.6 Å². The van der Waals surface area contributed by atoms with E-state index in [1.165, 1.54) is 17.4 Å². The van der Waals surface area contributed by atoms with Gasteiger partial charge in [0.2, 0.25) is 11.0 Å². The fourth-order valence-electron chi connectivity index (χ4n) is 3.63. The zero-order valence-electron chi connectivity index (χ0n) is 17.0. The minimum absolute atomic E-state index is 0.0205. The van der Waals surface area contributed by atoms with Crippen molar-refractivity contribution in [3.8, 4) is 0 Å². The molecule has 3 heterocycles. The van der Waals surface area contributed by atoms with E-state index in [2.05, 4.69) is 15.0 Å². The number of rotatable bonds is 5. The maximum atomic E-state index is 12.8. The van der Waals surface area contributed by atoms with Gasteiger partial charge in [-0.3, -0.25) is 14.6 Å². The number of nitrogens with zero attached hydrogens (tertiary/aromatic N) is 6. The summed E-state index contributed by atoms with van der Waals surface area (Å²) < 4.78 is 40.7. The minimum Gasteiger partial charge on any atom is -0.355 e. The van der Waals surface area contributed by atoms with Gasteiger partial charge in [0.1, 0.15) is 5.82 Å². The molecule has 0 spiro atoms. The Kier molecular flexibility index (Phi) is 6.31. The molecule has 168 valence electrons. The van der Waals surface area contributed by atoms with Crippen molar-refractivity contribution in [1.29, 1.82) is 0 Å². The van der Waals surface area contributed by atoms with Crippen LogP contribution in [0.3, 0.4) is 0 Å². The van der Waals surface area contributed by atoms with Gasteiger partial charge in [0.25, 0.3) is 0 Å². The Morgan fingerprint density at radius 2 is 2.03 bits per heavy atom. The molecule has 0 N–H and O–H groups in total. The van der Waals surface area contributed by atoms with Crippen molar-refractivity contribution in [2.45, 2.75) is 45.1 Å². The second kappa shape index (κ2) is 8.83. The quantitative estimate of drug-likeness (QED) is 0.618. The number of alkyl halides is 3. The largest absolute Gasteiger partial charge is 0.417 e. The SMILES string of the molecule is CC(=O)N(c1nn(CN2CCCN(c3ccc(C(F)(F)F)cn3)CC2)c(=S)s1)C1CC1. The lowest BCUT2D eigenvalue weighted by Crippen LogP contribution is -2.33. The molecular formula is C19H23F3N6OS2. The topological polar surface area (TPSA) is 57.5 Å². The van der Waals surface area contributed by atoms with Crippen LogP contribution < -0.4 is 9.80 Å². The van der Waals surface area contributed by atoms with E-state index in [-0.39, 0.29) is 11.9 Å². The van der Waals surface area contributed by atoms with Gasteiger partial charge in [-0.25, -0.2) is 9.67 Å². The first-order valence-electron chi connectivity index (χ1n) is 10.1. The first-order valence-corrected chi connectivity index (χ1v) is 11.3. The molecular weight excluding hydrogens is 449 g/mol. The summed E-state index contributed by atoms with van der Waals surface area (Å²) in [4.78, 5) is 21.9. The van der Waals surface area contributed by atoms with Crippen LogP contribution in [0.1, 0.15) is 31.7 Å². The Morgan fingerprint density at radius 1 is 1.26 bits per heavy atom. The molecule has 2 aromatic rings. The van der Waals surface area contributed by atoms with E-state index in [4.69, 9.17) is 12.2 Å². The van der Waals surface area contributed by atoms with Crippen LogP contribution in [0.4, 0.5) is 24.1 Å². The lowest BCUT2D eigenvalue weighted by molar-refractivity contribution is -0.137. The number of anilines is 2. The summed E-state index contributed by atoms with van der Waals surface area (Å²) >= 11 is 6.82. The van der Waals surface area contributed by atoms with E-state index in [9.17, 15) is 18.0 Å². The zero-order chi connectivity index (χ0) is 22.2. The average molecular weight is 473 g/mol. The number of amides is 1. The van der Waals surface area contributed by atoms with Gasteiger partial charge >= 0.3 is 6.18 Å². The number of carbonyl (C=O) groups excluding carboxylic acids is 1. The molecule has 1 aliphatic heterocycles. The molecule has 2 aliphatic rings. The van der Waals surface area contributed by atoms with Crippen molar-refractivity contribution in [2.75, 3.05) is 36.0 Å². The summed E-state index contributed by atoms with van der Waals surface area (Å²) in [6, 6.07) is 2.73. The van der Waals surface area contributed by atoms with Crippen LogP contribution in [0.5, 0.6) is 0 Å². The number of carbonyl (C=O) groups is 1. The molecule has 0 aromatic carbocycles. The third kappa shape index (κ3) is 5.24. The highest BCUT2D eigenvalue weighted by atomic mass is 32.1. The molecule has 0 bridgehead atoms. The molecule has 12 heteroatoms. The maximum Gasteiger partial charge on any atom is 0.417 e. The van der Waals surface area contributed by atoms with Gasteiger partial charge in [-0.1, -0.05) is 11.3 Å². The fraction of sp³-hybridized carbons (Fsp3) is 0.579. The highest BCUT2D eigenvalue weighted by Gasteiger charge is 2.34. The lowest BCUT2D eigenvalue weighted by Gasteiger charge is -2.23. The summed E-state index contributed by atoms with van der Waals surface area (Å²) in [6.45, 7) is 4.93. The van der Waals surface area contributed by atoms with Gasteiger partial charge in [0.15, 0.2) is 3.95 Å². The van der Waals surface area contributed by atoms with E-state index in [1.807, 2.05) is 4.90 Å². The van der Waals surface area contributed by atoms with Gasteiger partial charge in [0, 0.05) is 45.3 Å². The molecule has 1 amide bonds. The van der Waals surface area contributed by atoms with E-state index in [0.717, 1.165) is 38.1 Å². The molecule has 7 nitrogen and oxygen atoms in total. The van der Waals surface area contributed by atoms with Gasteiger partial charge in [-0.05, 0) is 43.6 Å². The molecule has 4 rings (SSSR count). The first kappa shape index (κ1) is 22.2. The predicted molar refractivity (Wildman–Crippen MR) is 115 cm³/mol. The van der Waals surface area contributed by atoms with Crippen LogP contribution in [0.25, 0.3) is 0 Å². The Morgan fingerprint density at radius 3 is 2.65 bits per heavy atom. The number of pyridine rings is 1. The second-order valence-corrected chi connectivity index (χ2v) is 9.37. The molecule has 0 unspecified atom stereocenters. The molecule has 1 saturated heterocycles. The van der Waals surface area contributed by atoms with Crippen LogP contribution in [-0.2, 0) is 17.6 Å². The van der Waals surface area contributed by atoms with Gasteiger partial charge in [-0.15, -0.1) is 5.10 Å². The second-order valence-electron chi connectivity index (χ2n) is 7.77. The van der Waals surface area contributed by atoms with Crippen molar-refractivity contribution in [2.24, 2.45) is 0 Å². The molecule has 31 heavy (non-hydrogen) atoms. The highest BCUT2D eigenvalue weighted by Crippen LogP contribution is 2.33. The van der Waals surface area contributed by atoms with E-state index in [1.54, 1.807) is 16.5 Å². The number of hydrogen-bond donors (Lipinski definition) is 0. The summed E-state index contributed by atoms with van der Waals surface area (Å²) in [5, 5.41) is 5.23. The molecule has 0 radical (unpaired) electrons. The number of aromatic nitrogens is 3. The summed E-state index contributed by atoms with van der Waals surface area (Å²) in [7, 11) is 0. The third-order valence-electron chi connectivity index (χ3n) is 5.37. The van der Waals surface area contributed by atoms with Crippen LogP contribution in [0, 0.1) is 3.95 Å². The van der Waals surface area contributed by atoms with Crippen LogP contribution in [0.2, 0.25) is 0 Å². The standard InChI is InChI=1S/C19H23F3N6OS2/c1-13(29)28(15-4-5-15)17-24-27(18(30)31-17)12-25-7-2-8-26(10-9-25)16-6-3-14(11-23-16)19(20,21)22/h3,6,11,15H,2,4-5,7-10,12H2,1H3. The zero-order valence-corrected chi connectivity index (χ0v) is 18.6. The van der Waals surface area contributed by atoms with Crippen molar-refractivity contribution < 1.29 is 18.0 Å². The summed E-state index contributed by atoms with van der Waals surface area (Å²) in [6.07, 6.45) is -0.675. The minimum atomic E-state index is -4.38. The van der Waals surface area contributed by atoms with Crippen LogP contribution in [-0.4, -0.2) is 57.8 Å². The van der Waals surface area contributed by atoms with Crippen LogP contribution in [0.15, 0.2) is 18.3 Å². The van der Waals surface area contributed by atoms with E-state index >= 15 is 0 Å². The smallest absolute Gasteiger partial charge is 0.355 e. The van der Waals surface area contributed by atoms with Crippen molar-refractivity contribution in [3.63, 3.8) is 0 Å². The molecule has 2 aromatic heterocycles. The predicted octanol–water partition coefficient (Wildman–Crippen LogP) is 3.77. The third-order valence-corrected chi connectivity index (χ3v) is 6.68. The molecule has 0 atom stereocenters. The molecule has 1 aliphatic carbocycles. The van der Waals surface area contributed by atoms with Gasteiger partial charge in [-0.2, -0.15) is 13.2 Å². The van der Waals surface area contributed by atoms with E-state index < -0.39 is 11.7 Å². The van der Waals surface area contributed by atoms with Crippen molar-refractivity contribution in [1.82, 2.24) is 19.7 Å². The number of halogens is 3.